The molecule has 1 atom stereocenters. The van der Waals surface area contributed by atoms with Crippen LogP contribution in [0.15, 0.2) is 70.3 Å². The van der Waals surface area contributed by atoms with Crippen LogP contribution in [0.1, 0.15) is 22.7 Å². The highest BCUT2D eigenvalue weighted by Gasteiger charge is 2.26. The molecule has 1 heterocycles. The highest BCUT2D eigenvalue weighted by Crippen LogP contribution is 2.18. The first-order chi connectivity index (χ1) is 16.2. The molecule has 0 fully saturated rings. The van der Waals surface area contributed by atoms with Crippen LogP contribution in [0, 0.1) is 24.4 Å². The zero-order valence-electron chi connectivity index (χ0n) is 18.1. The molecule has 0 aliphatic heterocycles. The number of carbonyl (C=O) groups is 1. The first kappa shape index (κ1) is 23.0. The number of halogens is 3. The predicted molar refractivity (Wildman–Crippen MR) is 121 cm³/mol. The summed E-state index contributed by atoms with van der Waals surface area (Å²) in [6, 6.07) is 12.1. The van der Waals surface area contributed by atoms with Gasteiger partial charge in [-0.1, -0.05) is 30.3 Å². The van der Waals surface area contributed by atoms with Crippen LogP contribution in [0.2, 0.25) is 0 Å². The van der Waals surface area contributed by atoms with E-state index >= 15 is 0 Å². The highest BCUT2D eigenvalue weighted by molar-refractivity contribution is 5.82. The van der Waals surface area contributed by atoms with Crippen LogP contribution < -0.4 is 16.6 Å². The lowest BCUT2D eigenvalue weighted by atomic mass is 10.00. The maximum atomic E-state index is 14.0. The van der Waals surface area contributed by atoms with Gasteiger partial charge in [0, 0.05) is 24.6 Å². The third kappa shape index (κ3) is 4.63. The largest absolute Gasteiger partial charge is 0.350 e. The van der Waals surface area contributed by atoms with Crippen molar-refractivity contribution in [2.24, 2.45) is 0 Å². The van der Waals surface area contributed by atoms with Gasteiger partial charge in [-0.2, -0.15) is 0 Å². The fourth-order valence-corrected chi connectivity index (χ4v) is 3.80. The monoisotopic (exact) mass is 467 g/mol. The number of fused-ring (bicyclic) bond motifs is 1. The van der Waals surface area contributed by atoms with Crippen molar-refractivity contribution in [1.29, 1.82) is 0 Å². The minimum absolute atomic E-state index is 0.0196. The lowest BCUT2D eigenvalue weighted by molar-refractivity contribution is -0.124. The van der Waals surface area contributed by atoms with Crippen molar-refractivity contribution in [2.45, 2.75) is 25.9 Å². The second-order valence-electron chi connectivity index (χ2n) is 7.90. The van der Waals surface area contributed by atoms with Gasteiger partial charge in [-0.25, -0.2) is 22.5 Å². The van der Waals surface area contributed by atoms with Crippen molar-refractivity contribution in [3.05, 3.63) is 116 Å². The number of aryl methyl sites for hydroxylation is 1. The first-order valence-corrected chi connectivity index (χ1v) is 10.4. The van der Waals surface area contributed by atoms with Gasteiger partial charge in [0.1, 0.15) is 23.5 Å². The minimum atomic E-state index is -1.31. The lowest BCUT2D eigenvalue weighted by Crippen LogP contribution is -2.45. The molecule has 4 rings (SSSR count). The molecule has 0 aliphatic carbocycles. The Morgan fingerprint density at radius 3 is 2.41 bits per heavy atom. The summed E-state index contributed by atoms with van der Waals surface area (Å²) in [6.07, 6.45) is -0.0196. The Balaban J connectivity index is 1.77. The number of benzene rings is 3. The molecule has 1 unspecified atom stereocenters. The highest BCUT2D eigenvalue weighted by atomic mass is 19.1. The Morgan fingerprint density at radius 1 is 0.971 bits per heavy atom. The molecule has 1 amide bonds. The second-order valence-corrected chi connectivity index (χ2v) is 7.90. The Kier molecular flexibility index (Phi) is 6.36. The number of H-pyrrole nitrogens is 1. The van der Waals surface area contributed by atoms with Crippen LogP contribution in [0.4, 0.5) is 13.2 Å². The van der Waals surface area contributed by atoms with Crippen LogP contribution in [0.5, 0.6) is 0 Å². The third-order valence-electron chi connectivity index (χ3n) is 5.65. The van der Waals surface area contributed by atoms with Crippen LogP contribution in [0.25, 0.3) is 10.9 Å². The summed E-state index contributed by atoms with van der Waals surface area (Å²) in [6.45, 7) is 1.53. The van der Waals surface area contributed by atoms with Gasteiger partial charge >= 0.3 is 5.69 Å². The smallest absolute Gasteiger partial charge is 0.329 e. The topological polar surface area (TPSA) is 84.0 Å². The molecule has 0 aliphatic rings. The van der Waals surface area contributed by atoms with E-state index in [1.807, 2.05) is 19.1 Å². The van der Waals surface area contributed by atoms with Gasteiger partial charge in [0.25, 0.3) is 5.56 Å². The average Bonchev–Trinajstić information content (AvgIpc) is 2.79. The summed E-state index contributed by atoms with van der Waals surface area (Å²) < 4.78 is 41.8. The molecule has 0 bridgehead atoms. The summed E-state index contributed by atoms with van der Waals surface area (Å²) >= 11 is 0. The Labute approximate surface area is 191 Å². The number of nitrogens with zero attached hydrogens (tertiary/aromatic N) is 1. The summed E-state index contributed by atoms with van der Waals surface area (Å²) in [4.78, 5) is 41.8. The normalized spacial score (nSPS) is 12.0. The maximum Gasteiger partial charge on any atom is 0.329 e. The summed E-state index contributed by atoms with van der Waals surface area (Å²) in [7, 11) is 0. The van der Waals surface area contributed by atoms with Gasteiger partial charge in [0.05, 0.1) is 10.9 Å². The Morgan fingerprint density at radius 2 is 1.68 bits per heavy atom. The number of aromatic amines is 1. The van der Waals surface area contributed by atoms with E-state index in [0.717, 1.165) is 28.3 Å². The van der Waals surface area contributed by atoms with Gasteiger partial charge in [0.15, 0.2) is 0 Å². The molecule has 0 saturated carbocycles. The molecule has 2 N–H and O–H groups in total. The second kappa shape index (κ2) is 9.38. The summed E-state index contributed by atoms with van der Waals surface area (Å²) in [5.41, 5.74) is 0.0375. The van der Waals surface area contributed by atoms with Crippen LogP contribution in [0.3, 0.4) is 0 Å². The zero-order valence-corrected chi connectivity index (χ0v) is 18.1. The molecule has 174 valence electrons. The maximum absolute atomic E-state index is 14.0. The molecule has 4 aromatic rings. The molecule has 0 saturated heterocycles. The van der Waals surface area contributed by atoms with Gasteiger partial charge in [-0.15, -0.1) is 0 Å². The van der Waals surface area contributed by atoms with E-state index in [-0.39, 0.29) is 29.4 Å². The molecule has 1 aromatic heterocycles. The summed E-state index contributed by atoms with van der Waals surface area (Å²) in [5, 5.41) is 2.43. The van der Waals surface area contributed by atoms with E-state index in [2.05, 4.69) is 10.3 Å². The lowest BCUT2D eigenvalue weighted by Gasteiger charge is -2.20. The molecule has 0 radical (unpaired) electrons. The van der Waals surface area contributed by atoms with Crippen molar-refractivity contribution in [1.82, 2.24) is 14.9 Å². The molecule has 0 spiro atoms. The quantitative estimate of drug-likeness (QED) is 0.455. The number of nitrogens with one attached hydrogen (secondary N) is 2. The number of rotatable bonds is 6. The number of hydrogen-bond acceptors (Lipinski definition) is 3. The van der Waals surface area contributed by atoms with Crippen LogP contribution in [-0.4, -0.2) is 15.5 Å². The number of carbonyl (C=O) groups excluding carboxylic acids is 1. The molecular formula is C25H20F3N3O3. The first-order valence-electron chi connectivity index (χ1n) is 10.4. The van der Waals surface area contributed by atoms with E-state index in [1.165, 1.54) is 12.1 Å². The van der Waals surface area contributed by atoms with E-state index in [9.17, 15) is 27.6 Å². The van der Waals surface area contributed by atoms with Gasteiger partial charge < -0.3 is 10.3 Å². The Hall–Kier alpha value is -4.14. The van der Waals surface area contributed by atoms with E-state index < -0.39 is 40.6 Å². The fourth-order valence-electron chi connectivity index (χ4n) is 3.80. The van der Waals surface area contributed by atoms with Gasteiger partial charge in [-0.3, -0.25) is 9.59 Å². The SMILES string of the molecule is Cc1ccccc1CC(C(=O)NCc1ccc(F)cc1F)n1c(=O)[nH]c2ccc(F)cc2c1=O. The van der Waals surface area contributed by atoms with Crippen LogP contribution in [-0.2, 0) is 17.8 Å². The average molecular weight is 467 g/mol. The van der Waals surface area contributed by atoms with Crippen molar-refractivity contribution in [3.8, 4) is 0 Å². The summed E-state index contributed by atoms with van der Waals surface area (Å²) in [5.74, 6) is -3.00. The zero-order chi connectivity index (χ0) is 24.4. The molecule has 9 heteroatoms. The predicted octanol–water partition coefficient (Wildman–Crippen LogP) is 3.52. The van der Waals surface area contributed by atoms with E-state index in [4.69, 9.17) is 0 Å². The van der Waals surface area contributed by atoms with Crippen LogP contribution >= 0.6 is 0 Å². The molecule has 3 aromatic carbocycles. The van der Waals surface area contributed by atoms with Gasteiger partial charge in [0.2, 0.25) is 5.91 Å². The molecular weight excluding hydrogens is 447 g/mol. The van der Waals surface area contributed by atoms with Crippen molar-refractivity contribution < 1.29 is 18.0 Å². The number of amides is 1. The minimum Gasteiger partial charge on any atom is -0.350 e. The van der Waals surface area contributed by atoms with Crippen molar-refractivity contribution in [2.75, 3.05) is 0 Å². The van der Waals surface area contributed by atoms with Gasteiger partial charge in [-0.05, 0) is 42.3 Å². The van der Waals surface area contributed by atoms with E-state index in [1.54, 1.807) is 12.1 Å². The molecule has 6 nitrogen and oxygen atoms in total. The third-order valence-corrected chi connectivity index (χ3v) is 5.65. The standard InChI is InChI=1S/C25H20F3N3O3/c1-14-4-2-3-5-15(14)10-22(23(32)29-13-16-6-7-18(27)12-20(16)28)31-24(33)19-11-17(26)8-9-21(19)30-25(31)34/h2-9,11-12,22H,10,13H2,1H3,(H,29,32)(H,30,34). The van der Waals surface area contributed by atoms with Crippen molar-refractivity contribution >= 4 is 16.8 Å². The van der Waals surface area contributed by atoms with Crippen molar-refractivity contribution in [3.63, 3.8) is 0 Å². The van der Waals surface area contributed by atoms with E-state index in [0.29, 0.717) is 11.6 Å². The molecule has 34 heavy (non-hydrogen) atoms. The number of hydrogen-bond donors (Lipinski definition) is 2. The fraction of sp³-hybridized carbons (Fsp3) is 0.160. The number of aromatic nitrogens is 2. The Bertz CT molecular complexity index is 1510.